The lowest BCUT2D eigenvalue weighted by Crippen LogP contribution is -2.44. The number of hydrogen-bond donors (Lipinski definition) is 2. The van der Waals surface area contributed by atoms with Crippen LogP contribution in [0.3, 0.4) is 0 Å². The number of amides is 1. The van der Waals surface area contributed by atoms with Crippen molar-refractivity contribution in [1.82, 2.24) is 15.3 Å². The predicted molar refractivity (Wildman–Crippen MR) is 66.1 cm³/mol. The summed E-state index contributed by atoms with van der Waals surface area (Å²) in [6.07, 6.45) is -2.44. The maximum absolute atomic E-state index is 12.2. The summed E-state index contributed by atoms with van der Waals surface area (Å²) in [7, 11) is 0. The third kappa shape index (κ3) is 4.36. The molecule has 2 rings (SSSR count). The van der Waals surface area contributed by atoms with Gasteiger partial charge in [-0.2, -0.15) is 13.2 Å². The normalized spacial score (nSPS) is 19.6. The number of aryl methyl sites for hydroxylation is 1. The number of nitrogens with zero attached hydrogens (tertiary/aromatic N) is 2. The molecule has 0 aromatic carbocycles. The molecule has 1 aromatic heterocycles. The topological polar surface area (TPSA) is 66.9 Å². The van der Waals surface area contributed by atoms with E-state index in [2.05, 4.69) is 20.6 Å². The number of hydrogen-bond acceptors (Lipinski definition) is 4. The fourth-order valence-corrected chi connectivity index (χ4v) is 1.94. The Hall–Kier alpha value is -1.86. The Labute approximate surface area is 114 Å². The van der Waals surface area contributed by atoms with E-state index in [-0.39, 0.29) is 18.3 Å². The highest BCUT2D eigenvalue weighted by molar-refractivity contribution is 5.84. The standard InChI is InChI=1S/C12H15F3N4O/c13-12(14,15)5-3-8-4-7-17-11(18-8)19-9-2-1-6-16-10(9)20/h4,7,9H,1-3,5-6H2,(H,16,20)(H,17,18,19). The fourth-order valence-electron chi connectivity index (χ4n) is 1.94. The Morgan fingerprint density at radius 3 is 2.95 bits per heavy atom. The van der Waals surface area contributed by atoms with Crippen molar-refractivity contribution in [2.24, 2.45) is 0 Å². The molecule has 0 aliphatic carbocycles. The van der Waals surface area contributed by atoms with Gasteiger partial charge >= 0.3 is 6.18 Å². The van der Waals surface area contributed by atoms with Crippen LogP contribution in [0.4, 0.5) is 19.1 Å². The molecule has 8 heteroatoms. The molecule has 1 aromatic rings. The molecule has 2 N–H and O–H groups in total. The van der Waals surface area contributed by atoms with Gasteiger partial charge in [0.2, 0.25) is 11.9 Å². The van der Waals surface area contributed by atoms with Gasteiger partial charge in [0.1, 0.15) is 6.04 Å². The van der Waals surface area contributed by atoms with Crippen molar-refractivity contribution in [2.45, 2.75) is 37.9 Å². The van der Waals surface area contributed by atoms with Crippen molar-refractivity contribution in [1.29, 1.82) is 0 Å². The first-order valence-corrected chi connectivity index (χ1v) is 6.37. The summed E-state index contributed by atoms with van der Waals surface area (Å²) in [5, 5.41) is 5.56. The van der Waals surface area contributed by atoms with Crippen molar-refractivity contribution in [3.63, 3.8) is 0 Å². The van der Waals surface area contributed by atoms with E-state index in [1.54, 1.807) is 0 Å². The quantitative estimate of drug-likeness (QED) is 0.884. The molecule has 1 aliphatic rings. The van der Waals surface area contributed by atoms with Crippen molar-refractivity contribution >= 4 is 11.9 Å². The highest BCUT2D eigenvalue weighted by atomic mass is 19.4. The minimum Gasteiger partial charge on any atom is -0.354 e. The Morgan fingerprint density at radius 1 is 1.45 bits per heavy atom. The lowest BCUT2D eigenvalue weighted by molar-refractivity contribution is -0.134. The summed E-state index contributed by atoms with van der Waals surface area (Å²) in [4.78, 5) is 19.5. The van der Waals surface area contributed by atoms with Crippen LogP contribution < -0.4 is 10.6 Å². The van der Waals surface area contributed by atoms with E-state index < -0.39 is 18.6 Å². The van der Waals surface area contributed by atoms with E-state index in [0.717, 1.165) is 6.42 Å². The molecule has 5 nitrogen and oxygen atoms in total. The van der Waals surface area contributed by atoms with Crippen LogP contribution in [0.2, 0.25) is 0 Å². The van der Waals surface area contributed by atoms with Gasteiger partial charge in [-0.3, -0.25) is 4.79 Å². The molecule has 1 fully saturated rings. The highest BCUT2D eigenvalue weighted by Gasteiger charge is 2.27. The maximum atomic E-state index is 12.2. The first-order valence-electron chi connectivity index (χ1n) is 6.37. The van der Waals surface area contributed by atoms with Gasteiger partial charge in [0.05, 0.1) is 0 Å². The minimum absolute atomic E-state index is 0.138. The zero-order valence-corrected chi connectivity index (χ0v) is 10.7. The molecule has 0 spiro atoms. The van der Waals surface area contributed by atoms with E-state index in [1.807, 2.05) is 0 Å². The summed E-state index contributed by atoms with van der Waals surface area (Å²) in [5.74, 6) is 0.0484. The Bertz CT molecular complexity index is 478. The van der Waals surface area contributed by atoms with Crippen LogP contribution in [0.5, 0.6) is 0 Å². The van der Waals surface area contributed by atoms with Gasteiger partial charge in [0.25, 0.3) is 0 Å². The van der Waals surface area contributed by atoms with Gasteiger partial charge in [-0.15, -0.1) is 0 Å². The van der Waals surface area contributed by atoms with E-state index in [1.165, 1.54) is 12.3 Å². The van der Waals surface area contributed by atoms with Crippen LogP contribution in [0.25, 0.3) is 0 Å². The number of rotatable bonds is 4. The van der Waals surface area contributed by atoms with E-state index in [0.29, 0.717) is 18.7 Å². The smallest absolute Gasteiger partial charge is 0.354 e. The first-order chi connectivity index (χ1) is 9.44. The second kappa shape index (κ2) is 6.06. The molecule has 1 atom stereocenters. The van der Waals surface area contributed by atoms with E-state index in [9.17, 15) is 18.0 Å². The summed E-state index contributed by atoms with van der Waals surface area (Å²) < 4.78 is 36.5. The molecule has 1 aliphatic heterocycles. The van der Waals surface area contributed by atoms with Crippen molar-refractivity contribution < 1.29 is 18.0 Å². The SMILES string of the molecule is O=C1NCCCC1Nc1nccc(CCC(F)(F)F)n1. The van der Waals surface area contributed by atoms with Crippen molar-refractivity contribution in [3.8, 4) is 0 Å². The number of piperidine rings is 1. The average molecular weight is 288 g/mol. The van der Waals surface area contributed by atoms with E-state index >= 15 is 0 Å². The number of halogens is 3. The fraction of sp³-hybridized carbons (Fsp3) is 0.583. The van der Waals surface area contributed by atoms with Crippen LogP contribution in [0, 0.1) is 0 Å². The monoisotopic (exact) mass is 288 g/mol. The molecular formula is C12H15F3N4O. The van der Waals surface area contributed by atoms with Gasteiger partial charge in [-0.1, -0.05) is 0 Å². The van der Waals surface area contributed by atoms with E-state index in [4.69, 9.17) is 0 Å². The van der Waals surface area contributed by atoms with Gasteiger partial charge in [-0.25, -0.2) is 9.97 Å². The van der Waals surface area contributed by atoms with Crippen LogP contribution in [-0.4, -0.2) is 34.6 Å². The van der Waals surface area contributed by atoms with Gasteiger partial charge in [0, 0.05) is 24.9 Å². The number of alkyl halides is 3. The average Bonchev–Trinajstić information content (AvgIpc) is 2.39. The minimum atomic E-state index is -4.21. The molecule has 0 saturated carbocycles. The number of anilines is 1. The predicted octanol–water partition coefficient (Wildman–Crippen LogP) is 1.66. The lowest BCUT2D eigenvalue weighted by atomic mass is 10.1. The van der Waals surface area contributed by atoms with Crippen molar-refractivity contribution in [2.75, 3.05) is 11.9 Å². The maximum Gasteiger partial charge on any atom is 0.389 e. The molecule has 1 unspecified atom stereocenters. The molecule has 2 heterocycles. The number of carbonyl (C=O) groups is 1. The van der Waals surface area contributed by atoms with Gasteiger partial charge in [0.15, 0.2) is 0 Å². The Kier molecular flexibility index (Phi) is 4.41. The molecule has 0 bridgehead atoms. The van der Waals surface area contributed by atoms with Crippen LogP contribution in [-0.2, 0) is 11.2 Å². The number of nitrogens with one attached hydrogen (secondary N) is 2. The molecule has 110 valence electrons. The van der Waals surface area contributed by atoms with Gasteiger partial charge < -0.3 is 10.6 Å². The zero-order chi connectivity index (χ0) is 14.6. The summed E-state index contributed by atoms with van der Waals surface area (Å²) in [6, 6.07) is 1.01. The molecular weight excluding hydrogens is 273 g/mol. The lowest BCUT2D eigenvalue weighted by Gasteiger charge is -2.22. The molecule has 20 heavy (non-hydrogen) atoms. The molecule has 1 saturated heterocycles. The second-order valence-electron chi connectivity index (χ2n) is 4.62. The largest absolute Gasteiger partial charge is 0.389 e. The zero-order valence-electron chi connectivity index (χ0n) is 10.7. The first kappa shape index (κ1) is 14.5. The molecule has 0 radical (unpaired) electrons. The van der Waals surface area contributed by atoms with Crippen LogP contribution in [0.1, 0.15) is 25.0 Å². The third-order valence-corrected chi connectivity index (χ3v) is 2.97. The second-order valence-corrected chi connectivity index (χ2v) is 4.62. The van der Waals surface area contributed by atoms with Crippen molar-refractivity contribution in [3.05, 3.63) is 18.0 Å². The summed E-state index contributed by atoms with van der Waals surface area (Å²) >= 11 is 0. The number of carbonyl (C=O) groups excluding carboxylic acids is 1. The Morgan fingerprint density at radius 2 is 2.25 bits per heavy atom. The van der Waals surface area contributed by atoms with Crippen LogP contribution in [0.15, 0.2) is 12.3 Å². The molecule has 1 amide bonds. The summed E-state index contributed by atoms with van der Waals surface area (Å²) in [6.45, 7) is 0.642. The van der Waals surface area contributed by atoms with Gasteiger partial charge in [-0.05, 0) is 25.3 Å². The highest BCUT2D eigenvalue weighted by Crippen LogP contribution is 2.21. The third-order valence-electron chi connectivity index (χ3n) is 2.97. The summed E-state index contributed by atoms with van der Waals surface area (Å²) in [5.41, 5.74) is 0.302. The number of aromatic nitrogens is 2. The van der Waals surface area contributed by atoms with Crippen LogP contribution >= 0.6 is 0 Å². The Balaban J connectivity index is 1.96.